The maximum atomic E-state index is 6.17. The third-order valence-corrected chi connectivity index (χ3v) is 3.66. The van der Waals surface area contributed by atoms with Crippen LogP contribution in [0.4, 0.5) is 0 Å². The first-order valence-corrected chi connectivity index (χ1v) is 6.85. The van der Waals surface area contributed by atoms with Gasteiger partial charge >= 0.3 is 0 Å². The Kier molecular flexibility index (Phi) is 4.94. The first-order chi connectivity index (χ1) is 9.11. The van der Waals surface area contributed by atoms with Gasteiger partial charge in [-0.15, -0.1) is 0 Å². The Morgan fingerprint density at radius 3 is 2.42 bits per heavy atom. The second kappa shape index (κ2) is 6.49. The van der Waals surface area contributed by atoms with Crippen LogP contribution in [-0.4, -0.2) is 6.54 Å². The first-order valence-electron chi connectivity index (χ1n) is 5.72. The fraction of sp³-hybridized carbons (Fsp3) is 0.143. The molecule has 2 rings (SSSR count). The molecule has 2 aromatic carbocycles. The van der Waals surface area contributed by atoms with E-state index in [0.29, 0.717) is 33.1 Å². The van der Waals surface area contributed by atoms with Gasteiger partial charge in [0.15, 0.2) is 0 Å². The van der Waals surface area contributed by atoms with Crippen LogP contribution in [0.5, 0.6) is 11.5 Å². The summed E-state index contributed by atoms with van der Waals surface area (Å²) in [5.41, 5.74) is 6.57. The summed E-state index contributed by atoms with van der Waals surface area (Å²) in [6, 6.07) is 10.8. The van der Waals surface area contributed by atoms with Crippen LogP contribution in [0.2, 0.25) is 15.1 Å². The highest BCUT2D eigenvalue weighted by Gasteiger charge is 2.09. The summed E-state index contributed by atoms with van der Waals surface area (Å²) in [5, 5.41) is 1.32. The minimum absolute atomic E-state index is 0.367. The zero-order valence-electron chi connectivity index (χ0n) is 10.00. The molecule has 0 atom stereocenters. The fourth-order valence-corrected chi connectivity index (χ4v) is 2.20. The van der Waals surface area contributed by atoms with Gasteiger partial charge in [-0.25, -0.2) is 0 Å². The van der Waals surface area contributed by atoms with Crippen molar-refractivity contribution in [2.75, 3.05) is 6.54 Å². The van der Waals surface area contributed by atoms with Gasteiger partial charge < -0.3 is 10.5 Å². The molecule has 0 saturated carbocycles. The van der Waals surface area contributed by atoms with E-state index in [9.17, 15) is 0 Å². The average Bonchev–Trinajstić information content (AvgIpc) is 2.38. The first kappa shape index (κ1) is 14.5. The summed E-state index contributed by atoms with van der Waals surface area (Å²) < 4.78 is 5.67. The molecule has 0 saturated heterocycles. The van der Waals surface area contributed by atoms with Crippen molar-refractivity contribution >= 4 is 34.8 Å². The van der Waals surface area contributed by atoms with Gasteiger partial charge in [-0.2, -0.15) is 0 Å². The molecule has 0 aliphatic heterocycles. The molecule has 0 aliphatic carbocycles. The molecular weight excluding hydrogens is 305 g/mol. The Morgan fingerprint density at radius 2 is 1.74 bits per heavy atom. The number of nitrogens with two attached hydrogens (primary N) is 1. The summed E-state index contributed by atoms with van der Waals surface area (Å²) in [4.78, 5) is 0. The maximum Gasteiger partial charge on any atom is 0.147 e. The molecule has 0 fully saturated rings. The molecule has 0 aromatic heterocycles. The highest BCUT2D eigenvalue weighted by Crippen LogP contribution is 2.37. The molecular formula is C14H12Cl3NO. The van der Waals surface area contributed by atoms with Crippen LogP contribution in [0.15, 0.2) is 36.4 Å². The lowest BCUT2D eigenvalue weighted by atomic mass is 10.1. The second-order valence-corrected chi connectivity index (χ2v) is 5.15. The quantitative estimate of drug-likeness (QED) is 0.867. The van der Waals surface area contributed by atoms with Crippen molar-refractivity contribution in [3.05, 3.63) is 57.0 Å². The van der Waals surface area contributed by atoms with Crippen molar-refractivity contribution in [1.29, 1.82) is 0 Å². The third-order valence-electron chi connectivity index (χ3n) is 2.57. The van der Waals surface area contributed by atoms with Crippen LogP contribution < -0.4 is 10.5 Å². The standard InChI is InChI=1S/C14H12Cl3NO/c15-10-2-1-3-13(14(10)17)19-12-5-4-9(6-7-18)8-11(12)16/h1-5,8H,6-7,18H2. The molecule has 2 nitrogen and oxygen atoms in total. The number of rotatable bonds is 4. The molecule has 0 bridgehead atoms. The Hall–Kier alpha value is -0.930. The van der Waals surface area contributed by atoms with Gasteiger partial charge in [0.25, 0.3) is 0 Å². The van der Waals surface area contributed by atoms with Crippen molar-refractivity contribution in [3.63, 3.8) is 0 Å². The molecule has 100 valence electrons. The molecule has 0 radical (unpaired) electrons. The highest BCUT2D eigenvalue weighted by molar-refractivity contribution is 6.43. The minimum Gasteiger partial charge on any atom is -0.454 e. The average molecular weight is 317 g/mol. The topological polar surface area (TPSA) is 35.2 Å². The van der Waals surface area contributed by atoms with Crippen LogP contribution in [0.3, 0.4) is 0 Å². The smallest absolute Gasteiger partial charge is 0.147 e. The number of halogens is 3. The molecule has 0 spiro atoms. The Bertz CT molecular complexity index is 587. The number of hydrogen-bond acceptors (Lipinski definition) is 2. The molecule has 5 heteroatoms. The monoisotopic (exact) mass is 315 g/mol. The summed E-state index contributed by atoms with van der Waals surface area (Å²) in [5.74, 6) is 1.01. The minimum atomic E-state index is 0.367. The van der Waals surface area contributed by atoms with E-state index < -0.39 is 0 Å². The fourth-order valence-electron chi connectivity index (χ4n) is 1.63. The predicted octanol–water partition coefficient (Wildman–Crippen LogP) is 4.94. The van der Waals surface area contributed by atoms with E-state index in [1.54, 1.807) is 24.3 Å². The second-order valence-electron chi connectivity index (χ2n) is 3.96. The lowest BCUT2D eigenvalue weighted by Crippen LogP contribution is -2.02. The zero-order valence-corrected chi connectivity index (χ0v) is 12.3. The molecule has 0 unspecified atom stereocenters. The predicted molar refractivity (Wildman–Crippen MR) is 80.7 cm³/mol. The van der Waals surface area contributed by atoms with Gasteiger partial charge in [-0.05, 0) is 42.8 Å². The molecule has 2 aromatic rings. The van der Waals surface area contributed by atoms with Crippen LogP contribution in [-0.2, 0) is 6.42 Å². The van der Waals surface area contributed by atoms with E-state index in [4.69, 9.17) is 45.3 Å². The molecule has 0 amide bonds. The van der Waals surface area contributed by atoms with Crippen LogP contribution >= 0.6 is 34.8 Å². The molecule has 0 aliphatic rings. The molecule has 19 heavy (non-hydrogen) atoms. The van der Waals surface area contributed by atoms with E-state index in [2.05, 4.69) is 0 Å². The van der Waals surface area contributed by atoms with E-state index in [1.807, 2.05) is 12.1 Å². The van der Waals surface area contributed by atoms with Gasteiger partial charge in [0.05, 0.1) is 10.0 Å². The number of ether oxygens (including phenoxy) is 1. The lowest BCUT2D eigenvalue weighted by Gasteiger charge is -2.10. The van der Waals surface area contributed by atoms with Crippen molar-refractivity contribution in [1.82, 2.24) is 0 Å². The Morgan fingerprint density at radius 1 is 0.947 bits per heavy atom. The van der Waals surface area contributed by atoms with Gasteiger partial charge in [0.2, 0.25) is 0 Å². The van der Waals surface area contributed by atoms with Gasteiger partial charge in [0.1, 0.15) is 16.5 Å². The van der Waals surface area contributed by atoms with E-state index in [0.717, 1.165) is 12.0 Å². The van der Waals surface area contributed by atoms with Crippen LogP contribution in [0.25, 0.3) is 0 Å². The summed E-state index contributed by atoms with van der Waals surface area (Å²) in [7, 11) is 0. The largest absolute Gasteiger partial charge is 0.454 e. The summed E-state index contributed by atoms with van der Waals surface area (Å²) in [6.07, 6.45) is 0.776. The van der Waals surface area contributed by atoms with E-state index in [1.165, 1.54) is 0 Å². The van der Waals surface area contributed by atoms with Crippen molar-refractivity contribution < 1.29 is 4.74 Å². The Labute approximate surface area is 127 Å². The SMILES string of the molecule is NCCc1ccc(Oc2cccc(Cl)c2Cl)c(Cl)c1. The summed E-state index contributed by atoms with van der Waals surface area (Å²) >= 11 is 18.2. The lowest BCUT2D eigenvalue weighted by molar-refractivity contribution is 0.483. The van der Waals surface area contributed by atoms with Gasteiger partial charge in [-0.3, -0.25) is 0 Å². The van der Waals surface area contributed by atoms with E-state index in [-0.39, 0.29) is 0 Å². The van der Waals surface area contributed by atoms with Crippen LogP contribution in [0, 0.1) is 0 Å². The van der Waals surface area contributed by atoms with Crippen molar-refractivity contribution in [2.24, 2.45) is 5.73 Å². The van der Waals surface area contributed by atoms with Gasteiger partial charge in [0, 0.05) is 0 Å². The van der Waals surface area contributed by atoms with Gasteiger partial charge in [-0.1, -0.05) is 46.9 Å². The highest BCUT2D eigenvalue weighted by atomic mass is 35.5. The van der Waals surface area contributed by atoms with Crippen molar-refractivity contribution in [3.8, 4) is 11.5 Å². The summed E-state index contributed by atoms with van der Waals surface area (Å²) in [6.45, 7) is 0.580. The van der Waals surface area contributed by atoms with Crippen molar-refractivity contribution in [2.45, 2.75) is 6.42 Å². The normalized spacial score (nSPS) is 10.5. The van der Waals surface area contributed by atoms with Crippen LogP contribution in [0.1, 0.15) is 5.56 Å². The van der Waals surface area contributed by atoms with E-state index >= 15 is 0 Å². The molecule has 0 heterocycles. The zero-order chi connectivity index (χ0) is 13.8. The Balaban J connectivity index is 2.26. The number of hydrogen-bond donors (Lipinski definition) is 1. The maximum absolute atomic E-state index is 6.17. The molecule has 2 N–H and O–H groups in total. The number of benzene rings is 2. The third kappa shape index (κ3) is 3.54.